The van der Waals surface area contributed by atoms with E-state index in [-0.39, 0.29) is 0 Å². The van der Waals surface area contributed by atoms with Gasteiger partial charge in [0.05, 0.1) is 7.11 Å². The molecule has 0 saturated heterocycles. The average molecular weight is 174 g/mol. The molecule has 0 aliphatic carbocycles. The summed E-state index contributed by atoms with van der Waals surface area (Å²) in [4.78, 5) is 5.00. The van der Waals surface area contributed by atoms with Crippen molar-refractivity contribution < 1.29 is 4.84 Å². The van der Waals surface area contributed by atoms with E-state index in [0.29, 0.717) is 0 Å². The van der Waals surface area contributed by atoms with Gasteiger partial charge in [0, 0.05) is 13.6 Å². The monoisotopic (exact) mass is 174 g/mol. The Kier molecular flexibility index (Phi) is 7.45. The highest BCUT2D eigenvalue weighted by atomic mass is 16.7. The van der Waals surface area contributed by atoms with Gasteiger partial charge in [0.2, 0.25) is 0 Å². The largest absolute Gasteiger partial charge is 0.330 e. The Morgan fingerprint density at radius 1 is 1.42 bits per heavy atom. The smallest absolute Gasteiger partial charge is 0.0575 e. The van der Waals surface area contributed by atoms with Gasteiger partial charge in [-0.25, -0.2) is 0 Å². The van der Waals surface area contributed by atoms with Crippen molar-refractivity contribution >= 4 is 0 Å². The Hall–Kier alpha value is -0.120. The Bertz CT molecular complexity index is 98.5. The van der Waals surface area contributed by atoms with Gasteiger partial charge in [-0.05, 0) is 31.7 Å². The van der Waals surface area contributed by atoms with E-state index in [1.54, 1.807) is 7.11 Å². The molecule has 0 fully saturated rings. The van der Waals surface area contributed by atoms with Crippen molar-refractivity contribution in [3.05, 3.63) is 0 Å². The predicted molar refractivity (Wildman–Crippen MR) is 51.7 cm³/mol. The zero-order valence-electron chi connectivity index (χ0n) is 8.55. The van der Waals surface area contributed by atoms with Crippen LogP contribution in [0.3, 0.4) is 0 Å². The second-order valence-corrected chi connectivity index (χ2v) is 3.36. The summed E-state index contributed by atoms with van der Waals surface area (Å²) in [6, 6.07) is 0. The molecule has 0 amide bonds. The van der Waals surface area contributed by atoms with Crippen molar-refractivity contribution in [2.75, 3.05) is 27.2 Å². The maximum Gasteiger partial charge on any atom is 0.0575 e. The normalized spacial score (nSPS) is 13.8. The molecular weight excluding hydrogens is 152 g/mol. The third kappa shape index (κ3) is 6.58. The Balaban J connectivity index is 3.18. The van der Waals surface area contributed by atoms with Gasteiger partial charge in [-0.1, -0.05) is 6.92 Å². The third-order valence-electron chi connectivity index (χ3n) is 2.14. The highest BCUT2D eigenvalue weighted by molar-refractivity contribution is 4.54. The fourth-order valence-corrected chi connectivity index (χ4v) is 1.18. The lowest BCUT2D eigenvalue weighted by molar-refractivity contribution is -0.110. The van der Waals surface area contributed by atoms with Crippen LogP contribution in [0.2, 0.25) is 0 Å². The molecule has 74 valence electrons. The van der Waals surface area contributed by atoms with E-state index in [4.69, 9.17) is 10.6 Å². The lowest BCUT2D eigenvalue weighted by atomic mass is 10.0. The molecule has 0 saturated carbocycles. The highest BCUT2D eigenvalue weighted by Gasteiger charge is 2.01. The van der Waals surface area contributed by atoms with Gasteiger partial charge in [-0.2, -0.15) is 5.06 Å². The summed E-state index contributed by atoms with van der Waals surface area (Å²) < 4.78 is 0. The minimum absolute atomic E-state index is 0.750. The van der Waals surface area contributed by atoms with Gasteiger partial charge >= 0.3 is 0 Å². The van der Waals surface area contributed by atoms with E-state index in [1.165, 1.54) is 12.8 Å². The van der Waals surface area contributed by atoms with Crippen LogP contribution < -0.4 is 5.73 Å². The number of nitrogens with zero attached hydrogens (tertiary/aromatic N) is 1. The molecule has 12 heavy (non-hydrogen) atoms. The van der Waals surface area contributed by atoms with Gasteiger partial charge < -0.3 is 10.6 Å². The predicted octanol–water partition coefficient (Wildman–Crippen LogP) is 1.24. The summed E-state index contributed by atoms with van der Waals surface area (Å²) in [5.74, 6) is 0.750. The second kappa shape index (κ2) is 7.53. The van der Waals surface area contributed by atoms with Crippen LogP contribution in [0, 0.1) is 5.92 Å². The molecule has 0 radical (unpaired) electrons. The van der Waals surface area contributed by atoms with Crippen LogP contribution in [0.1, 0.15) is 26.2 Å². The molecule has 0 aliphatic rings. The van der Waals surface area contributed by atoms with Crippen molar-refractivity contribution in [2.24, 2.45) is 11.7 Å². The lowest BCUT2D eigenvalue weighted by Crippen LogP contribution is -2.18. The van der Waals surface area contributed by atoms with Crippen molar-refractivity contribution in [1.29, 1.82) is 0 Å². The minimum Gasteiger partial charge on any atom is -0.330 e. The molecule has 0 aliphatic heterocycles. The second-order valence-electron chi connectivity index (χ2n) is 3.36. The van der Waals surface area contributed by atoms with E-state index in [2.05, 4.69) is 6.92 Å². The maximum atomic E-state index is 5.45. The number of hydroxylamine groups is 2. The number of hydrogen-bond acceptors (Lipinski definition) is 3. The van der Waals surface area contributed by atoms with E-state index >= 15 is 0 Å². The SMILES string of the molecule is CON(C)CCCC(C)CCN. The van der Waals surface area contributed by atoms with Gasteiger partial charge in [0.15, 0.2) is 0 Å². The lowest BCUT2D eigenvalue weighted by Gasteiger charge is -2.14. The molecule has 0 aromatic rings. The average Bonchev–Trinajstić information content (AvgIpc) is 2.04. The Morgan fingerprint density at radius 3 is 2.58 bits per heavy atom. The van der Waals surface area contributed by atoms with Crippen LogP contribution in [-0.4, -0.2) is 32.3 Å². The third-order valence-corrected chi connectivity index (χ3v) is 2.14. The van der Waals surface area contributed by atoms with E-state index in [0.717, 1.165) is 25.4 Å². The zero-order valence-corrected chi connectivity index (χ0v) is 8.55. The first kappa shape index (κ1) is 11.9. The number of rotatable bonds is 7. The molecule has 0 aromatic carbocycles. The highest BCUT2D eigenvalue weighted by Crippen LogP contribution is 2.08. The first-order valence-corrected chi connectivity index (χ1v) is 4.66. The molecule has 0 rings (SSSR count). The molecular formula is C9H22N2O. The van der Waals surface area contributed by atoms with Crippen LogP contribution >= 0.6 is 0 Å². The molecule has 3 heteroatoms. The maximum absolute atomic E-state index is 5.45. The molecule has 2 N–H and O–H groups in total. The van der Waals surface area contributed by atoms with E-state index in [1.807, 2.05) is 12.1 Å². The Labute approximate surface area is 75.8 Å². The summed E-state index contributed by atoms with van der Waals surface area (Å²) in [5, 5.41) is 1.86. The quantitative estimate of drug-likeness (QED) is 0.590. The topological polar surface area (TPSA) is 38.5 Å². The van der Waals surface area contributed by atoms with Crippen LogP contribution in [0.5, 0.6) is 0 Å². The number of nitrogens with two attached hydrogens (primary N) is 1. The fourth-order valence-electron chi connectivity index (χ4n) is 1.18. The van der Waals surface area contributed by atoms with Gasteiger partial charge in [0.1, 0.15) is 0 Å². The van der Waals surface area contributed by atoms with Crippen LogP contribution in [-0.2, 0) is 4.84 Å². The standard InChI is InChI=1S/C9H22N2O/c1-9(6-7-10)5-4-8-11(2)12-3/h9H,4-8,10H2,1-3H3. The van der Waals surface area contributed by atoms with E-state index in [9.17, 15) is 0 Å². The fraction of sp³-hybridized carbons (Fsp3) is 1.00. The first-order chi connectivity index (χ1) is 5.70. The molecule has 0 heterocycles. The molecule has 1 atom stereocenters. The van der Waals surface area contributed by atoms with E-state index < -0.39 is 0 Å². The van der Waals surface area contributed by atoms with Crippen molar-refractivity contribution in [3.63, 3.8) is 0 Å². The van der Waals surface area contributed by atoms with Crippen LogP contribution in [0.4, 0.5) is 0 Å². The summed E-state index contributed by atoms with van der Waals surface area (Å²) >= 11 is 0. The molecule has 3 nitrogen and oxygen atoms in total. The van der Waals surface area contributed by atoms with Crippen LogP contribution in [0.25, 0.3) is 0 Å². The van der Waals surface area contributed by atoms with Crippen molar-refractivity contribution in [2.45, 2.75) is 26.2 Å². The summed E-state index contributed by atoms with van der Waals surface area (Å²) in [6.07, 6.45) is 3.56. The first-order valence-electron chi connectivity index (χ1n) is 4.66. The summed E-state index contributed by atoms with van der Waals surface area (Å²) in [6.45, 7) is 4.06. The van der Waals surface area contributed by atoms with Gasteiger partial charge in [0.25, 0.3) is 0 Å². The Morgan fingerprint density at radius 2 is 2.08 bits per heavy atom. The summed E-state index contributed by atoms with van der Waals surface area (Å²) in [7, 11) is 3.65. The number of hydrogen-bond donors (Lipinski definition) is 1. The van der Waals surface area contributed by atoms with Crippen molar-refractivity contribution in [3.8, 4) is 0 Å². The van der Waals surface area contributed by atoms with Gasteiger partial charge in [-0.3, -0.25) is 0 Å². The molecule has 1 unspecified atom stereocenters. The zero-order chi connectivity index (χ0) is 9.40. The van der Waals surface area contributed by atoms with Crippen molar-refractivity contribution in [1.82, 2.24) is 5.06 Å². The molecule has 0 bridgehead atoms. The minimum atomic E-state index is 0.750. The molecule has 0 aromatic heterocycles. The molecule has 0 spiro atoms. The van der Waals surface area contributed by atoms with Crippen LogP contribution in [0.15, 0.2) is 0 Å². The van der Waals surface area contributed by atoms with Gasteiger partial charge in [-0.15, -0.1) is 0 Å². The summed E-state index contributed by atoms with van der Waals surface area (Å²) in [5.41, 5.74) is 5.45.